The first-order chi connectivity index (χ1) is 20.4. The van der Waals surface area contributed by atoms with Gasteiger partial charge in [0, 0.05) is 50.1 Å². The summed E-state index contributed by atoms with van der Waals surface area (Å²) in [5.74, 6) is -1.24. The third kappa shape index (κ3) is 6.43. The number of carbonyl (C=O) groups is 4. The summed E-state index contributed by atoms with van der Waals surface area (Å²) in [6.45, 7) is 8.37. The number of halogens is 1. The number of hydrogen-bond donors (Lipinski definition) is 1. The molecule has 1 aliphatic carbocycles. The molecule has 0 radical (unpaired) electrons. The van der Waals surface area contributed by atoms with E-state index in [0.29, 0.717) is 50.6 Å². The van der Waals surface area contributed by atoms with Gasteiger partial charge >= 0.3 is 6.09 Å². The molecule has 4 aliphatic heterocycles. The largest absolute Gasteiger partial charge is 0.444 e. The maximum absolute atomic E-state index is 15.6. The second-order valence-corrected chi connectivity index (χ2v) is 13.8. The van der Waals surface area contributed by atoms with Crippen LogP contribution in [0.4, 0.5) is 9.18 Å². The number of likely N-dealkylation sites (tertiary alicyclic amines) is 2. The number of alkyl halides is 1. The zero-order valence-corrected chi connectivity index (χ0v) is 25.4. The Morgan fingerprint density at radius 3 is 2.42 bits per heavy atom. The highest BCUT2D eigenvalue weighted by molar-refractivity contribution is 6.05. The number of amides is 4. The third-order valence-corrected chi connectivity index (χ3v) is 9.62. The Bertz CT molecular complexity index is 1270. The van der Waals surface area contributed by atoms with Crippen LogP contribution >= 0.6 is 0 Å². The number of benzene rings is 1. The first kappa shape index (κ1) is 30.0. The predicted molar refractivity (Wildman–Crippen MR) is 155 cm³/mol. The predicted octanol–water partition coefficient (Wildman–Crippen LogP) is 3.52. The fraction of sp³-hybridized carbons (Fsp3) is 0.688. The lowest BCUT2D eigenvalue weighted by Gasteiger charge is -2.47. The van der Waals surface area contributed by atoms with E-state index in [9.17, 15) is 19.2 Å². The van der Waals surface area contributed by atoms with Crippen molar-refractivity contribution in [2.75, 3.05) is 26.2 Å². The van der Waals surface area contributed by atoms with Gasteiger partial charge in [-0.3, -0.25) is 24.6 Å². The van der Waals surface area contributed by atoms with Crippen LogP contribution in [0, 0.1) is 0 Å². The standard InChI is InChI=1S/C32H43FN4O6/c1-32(2,3)43-31(41)35-11-8-22(9-12-35)42-23-15-21(16-23)36-13-10-24(26(33)18-36)19-4-5-20-17-37(30(40)25(20)14-19)27-6-7-28(38)34-29(27)39/h4-5,14,21-24,26-27H,6-13,15-18H2,1-3H3,(H,34,38,39)/t21-,23-,24-,26-,27?/m0/s1. The van der Waals surface area contributed by atoms with Crippen molar-refractivity contribution in [3.05, 3.63) is 34.9 Å². The molecule has 6 rings (SSSR count). The number of nitrogens with one attached hydrogen (secondary N) is 1. The van der Waals surface area contributed by atoms with E-state index in [4.69, 9.17) is 9.47 Å². The van der Waals surface area contributed by atoms with Crippen LogP contribution in [-0.2, 0) is 25.6 Å². The van der Waals surface area contributed by atoms with E-state index in [2.05, 4.69) is 10.2 Å². The van der Waals surface area contributed by atoms with E-state index in [1.54, 1.807) is 4.90 Å². The second kappa shape index (κ2) is 11.8. The number of nitrogens with zero attached hydrogens (tertiary/aromatic N) is 3. The molecule has 0 bridgehead atoms. The minimum Gasteiger partial charge on any atom is -0.444 e. The summed E-state index contributed by atoms with van der Waals surface area (Å²) in [6.07, 6.45) is 3.62. The summed E-state index contributed by atoms with van der Waals surface area (Å²) < 4.78 is 27.4. The first-order valence-electron chi connectivity index (χ1n) is 15.7. The summed E-state index contributed by atoms with van der Waals surface area (Å²) in [6, 6.07) is 5.29. The van der Waals surface area contributed by atoms with Crippen molar-refractivity contribution in [2.45, 2.75) is 114 Å². The molecule has 4 amide bonds. The lowest BCUT2D eigenvalue weighted by molar-refractivity contribution is -0.136. The quantitative estimate of drug-likeness (QED) is 0.517. The van der Waals surface area contributed by atoms with E-state index in [-0.39, 0.29) is 42.5 Å². The Morgan fingerprint density at radius 2 is 1.74 bits per heavy atom. The molecular weight excluding hydrogens is 555 g/mol. The molecule has 1 aromatic rings. The summed E-state index contributed by atoms with van der Waals surface area (Å²) >= 11 is 0. The van der Waals surface area contributed by atoms with Gasteiger partial charge in [-0.25, -0.2) is 9.18 Å². The van der Waals surface area contributed by atoms with Crippen LogP contribution in [-0.4, -0.2) is 101 Å². The number of hydrogen-bond acceptors (Lipinski definition) is 7. The Hall–Kier alpha value is -3.05. The highest BCUT2D eigenvalue weighted by Gasteiger charge is 2.42. The fourth-order valence-corrected chi connectivity index (χ4v) is 7.16. The van der Waals surface area contributed by atoms with Crippen molar-refractivity contribution in [1.82, 2.24) is 20.0 Å². The Balaban J connectivity index is 0.959. The molecule has 0 aromatic heterocycles. The normalized spacial score (nSPS) is 30.6. The van der Waals surface area contributed by atoms with Crippen LogP contribution in [0.2, 0.25) is 0 Å². The molecule has 1 N–H and O–H groups in total. The van der Waals surface area contributed by atoms with Crippen molar-refractivity contribution in [3.8, 4) is 0 Å². The molecule has 234 valence electrons. The van der Waals surface area contributed by atoms with Gasteiger partial charge in [-0.2, -0.15) is 0 Å². The molecule has 11 heteroatoms. The fourth-order valence-electron chi connectivity index (χ4n) is 7.16. The van der Waals surface area contributed by atoms with Crippen LogP contribution in [0.25, 0.3) is 0 Å². The molecule has 5 aliphatic rings. The average molecular weight is 599 g/mol. The lowest BCUT2D eigenvalue weighted by atomic mass is 9.82. The molecule has 10 nitrogen and oxygen atoms in total. The van der Waals surface area contributed by atoms with Crippen molar-refractivity contribution in [1.29, 1.82) is 0 Å². The van der Waals surface area contributed by atoms with Crippen molar-refractivity contribution >= 4 is 23.8 Å². The molecule has 3 atom stereocenters. The Morgan fingerprint density at radius 1 is 1.00 bits per heavy atom. The summed E-state index contributed by atoms with van der Waals surface area (Å²) in [5, 5.41) is 2.33. The molecule has 0 spiro atoms. The van der Waals surface area contributed by atoms with Gasteiger partial charge < -0.3 is 19.3 Å². The van der Waals surface area contributed by atoms with Crippen LogP contribution in [0.5, 0.6) is 0 Å². The van der Waals surface area contributed by atoms with E-state index < -0.39 is 23.7 Å². The third-order valence-electron chi connectivity index (χ3n) is 9.62. The second-order valence-electron chi connectivity index (χ2n) is 13.8. The highest BCUT2D eigenvalue weighted by Crippen LogP contribution is 2.38. The number of fused-ring (bicyclic) bond motifs is 1. The van der Waals surface area contributed by atoms with Gasteiger partial charge in [0.1, 0.15) is 17.8 Å². The van der Waals surface area contributed by atoms with Crippen molar-refractivity contribution in [2.24, 2.45) is 0 Å². The SMILES string of the molecule is CC(C)(C)OC(=O)N1CCC(O[C@H]2C[C@H](N3CC[C@@H](c4ccc5c(c4)C(=O)N(C4CCC(=O)NC4=O)C5)[C@@H](F)C3)C2)CC1. The monoisotopic (exact) mass is 598 g/mol. The van der Waals surface area contributed by atoms with Gasteiger partial charge in [0.15, 0.2) is 0 Å². The average Bonchev–Trinajstić information content (AvgIpc) is 3.25. The van der Waals surface area contributed by atoms with Crippen LogP contribution in [0.3, 0.4) is 0 Å². The highest BCUT2D eigenvalue weighted by atomic mass is 19.1. The molecule has 1 unspecified atom stereocenters. The number of ether oxygens (including phenoxy) is 2. The maximum Gasteiger partial charge on any atom is 0.410 e. The van der Waals surface area contributed by atoms with Gasteiger partial charge in [0.25, 0.3) is 5.91 Å². The summed E-state index contributed by atoms with van der Waals surface area (Å²) in [5.41, 5.74) is 1.70. The Labute approximate surface area is 252 Å². The first-order valence-corrected chi connectivity index (χ1v) is 15.7. The molecule has 4 fully saturated rings. The van der Waals surface area contributed by atoms with Crippen LogP contribution in [0.15, 0.2) is 18.2 Å². The number of imide groups is 1. The molecule has 4 heterocycles. The molecule has 43 heavy (non-hydrogen) atoms. The molecule has 3 saturated heterocycles. The van der Waals surface area contributed by atoms with E-state index in [1.165, 1.54) is 4.90 Å². The minimum absolute atomic E-state index is 0.137. The summed E-state index contributed by atoms with van der Waals surface area (Å²) in [7, 11) is 0. The van der Waals surface area contributed by atoms with Gasteiger partial charge in [-0.15, -0.1) is 0 Å². The van der Waals surface area contributed by atoms with E-state index in [1.807, 2.05) is 39.0 Å². The van der Waals surface area contributed by atoms with Gasteiger partial charge in [-0.1, -0.05) is 12.1 Å². The summed E-state index contributed by atoms with van der Waals surface area (Å²) in [4.78, 5) is 55.0. The maximum atomic E-state index is 15.6. The zero-order valence-electron chi connectivity index (χ0n) is 25.4. The van der Waals surface area contributed by atoms with Crippen LogP contribution < -0.4 is 5.32 Å². The molecule has 1 aromatic carbocycles. The number of piperidine rings is 3. The number of rotatable bonds is 5. The zero-order chi connectivity index (χ0) is 30.5. The van der Waals surface area contributed by atoms with E-state index in [0.717, 1.165) is 43.4 Å². The molecule has 1 saturated carbocycles. The smallest absolute Gasteiger partial charge is 0.410 e. The van der Waals surface area contributed by atoms with Gasteiger partial charge in [0.2, 0.25) is 11.8 Å². The lowest BCUT2D eigenvalue weighted by Crippen LogP contribution is -2.54. The van der Waals surface area contributed by atoms with E-state index >= 15 is 4.39 Å². The Kier molecular flexibility index (Phi) is 8.23. The topological polar surface area (TPSA) is 108 Å². The minimum atomic E-state index is -1.04. The van der Waals surface area contributed by atoms with Crippen molar-refractivity contribution in [3.63, 3.8) is 0 Å². The number of carbonyl (C=O) groups excluding carboxylic acids is 4. The van der Waals surface area contributed by atoms with Gasteiger partial charge in [0.05, 0.1) is 12.2 Å². The van der Waals surface area contributed by atoms with Gasteiger partial charge in [-0.05, 0) is 83.0 Å². The van der Waals surface area contributed by atoms with Crippen molar-refractivity contribution < 1.29 is 33.0 Å². The van der Waals surface area contributed by atoms with Crippen LogP contribution in [0.1, 0.15) is 93.1 Å². The molecular formula is C32H43FN4O6.